The van der Waals surface area contributed by atoms with Crippen LogP contribution in [0.1, 0.15) is 106 Å². The third kappa shape index (κ3) is 19.7. The van der Waals surface area contributed by atoms with E-state index in [0.29, 0.717) is 68.4 Å². The van der Waals surface area contributed by atoms with Crippen molar-refractivity contribution in [2.24, 2.45) is 41.2 Å². The summed E-state index contributed by atoms with van der Waals surface area (Å²) in [4.78, 5) is 90.2. The Kier molecular flexibility index (Phi) is 28.5. The van der Waals surface area contributed by atoms with Crippen LogP contribution in [0.2, 0.25) is 25.1 Å². The molecule has 12 rings (SSSR count). The highest BCUT2D eigenvalue weighted by Crippen LogP contribution is 2.46. The number of halogens is 13. The number of carbonyl (C=O) groups is 6. The van der Waals surface area contributed by atoms with Crippen LogP contribution in [0.4, 0.5) is 52.2 Å². The van der Waals surface area contributed by atoms with Crippen LogP contribution in [0.15, 0.2) is 127 Å². The lowest BCUT2D eigenvalue weighted by atomic mass is 9.81. The molecule has 6 heterocycles. The number of methoxy groups -OCH3 is 1. The second-order valence-corrected chi connectivity index (χ2v) is 33.2. The van der Waals surface area contributed by atoms with Crippen LogP contribution in [0.25, 0.3) is 0 Å². The first-order valence-corrected chi connectivity index (χ1v) is 39.5. The molecule has 0 spiro atoms. The summed E-state index contributed by atoms with van der Waals surface area (Å²) in [5, 5.41) is 22.5. The molecule has 6 aromatic rings. The lowest BCUT2D eigenvalue weighted by molar-refractivity contribution is -0.264. The maximum Gasteiger partial charge on any atom is 0.430 e. The molecule has 19 nitrogen and oxygen atoms in total. The molecule has 0 bridgehead atoms. The molecule has 618 valence electrons. The third-order valence-electron chi connectivity index (χ3n) is 22.6. The quantitative estimate of drug-likeness (QED) is 0.0609. The van der Waals surface area contributed by atoms with E-state index in [2.05, 4.69) is 14.7 Å². The van der Waals surface area contributed by atoms with E-state index in [-0.39, 0.29) is 82.8 Å². The first-order valence-electron chi connectivity index (χ1n) is 37.6. The van der Waals surface area contributed by atoms with E-state index in [1.807, 2.05) is 30.3 Å². The highest BCUT2D eigenvalue weighted by molar-refractivity contribution is 6.36. The number of rotatable bonds is 20. The van der Waals surface area contributed by atoms with Crippen molar-refractivity contribution in [3.05, 3.63) is 186 Å². The fourth-order valence-electron chi connectivity index (χ4n) is 15.9. The summed E-state index contributed by atoms with van der Waals surface area (Å²) in [6.07, 6.45) is -5.30. The summed E-state index contributed by atoms with van der Waals surface area (Å²) >= 11 is 30.8. The van der Waals surface area contributed by atoms with Crippen LogP contribution in [0, 0.1) is 35.5 Å². The number of carbonyl (C=O) groups excluding carboxylic acids is 6. The lowest BCUT2D eigenvalue weighted by Crippen LogP contribution is -2.65. The number of aliphatic hydroxyl groups is 2. The van der Waals surface area contributed by atoms with Gasteiger partial charge in [0.1, 0.15) is 5.75 Å². The maximum absolute atomic E-state index is 14.0. The number of likely N-dealkylation sites (tertiary alicyclic amines) is 3. The first kappa shape index (κ1) is 88.5. The van der Waals surface area contributed by atoms with Crippen molar-refractivity contribution in [3.63, 3.8) is 0 Å². The smallest absolute Gasteiger partial charge is 0.430 e. The zero-order chi connectivity index (χ0) is 83.3. The van der Waals surface area contributed by atoms with Gasteiger partial charge >= 0.3 is 12.4 Å². The fourth-order valence-corrected chi connectivity index (χ4v) is 17.2. The van der Waals surface area contributed by atoms with Crippen LogP contribution in [-0.4, -0.2) is 222 Å². The summed E-state index contributed by atoms with van der Waals surface area (Å²) in [5.41, 5.74) is -0.787. The van der Waals surface area contributed by atoms with Crippen LogP contribution in [0.3, 0.4) is 0 Å². The molecule has 6 amide bonds. The Bertz CT molecular complexity index is 4400. The summed E-state index contributed by atoms with van der Waals surface area (Å²) in [6.45, 7) is 6.47. The van der Waals surface area contributed by atoms with E-state index in [1.54, 1.807) is 78.7 Å². The third-order valence-corrected chi connectivity index (χ3v) is 24.0. The van der Waals surface area contributed by atoms with Crippen molar-refractivity contribution in [1.29, 1.82) is 0 Å². The number of nitrogens with zero attached hydrogens (tertiary/aromatic N) is 9. The van der Waals surface area contributed by atoms with Gasteiger partial charge < -0.3 is 64.8 Å². The topological polar surface area (TPSA) is 207 Å². The highest BCUT2D eigenvalue weighted by atomic mass is 35.5. The van der Waals surface area contributed by atoms with E-state index in [0.717, 1.165) is 131 Å². The summed E-state index contributed by atoms with van der Waals surface area (Å²) in [6, 6.07) is 32.1. The van der Waals surface area contributed by atoms with E-state index in [1.165, 1.54) is 80.1 Å². The number of nitrogens with two attached hydrogens (primary N) is 1. The molecule has 4 N–H and O–H groups in total. The number of alkyl halides is 8. The first-order chi connectivity index (χ1) is 53.7. The molecule has 3 atom stereocenters. The number of hydrogen-bond acceptors (Lipinski definition) is 13. The Labute approximate surface area is 683 Å². The van der Waals surface area contributed by atoms with Gasteiger partial charge in [0.15, 0.2) is 0 Å². The molecule has 6 aliphatic rings. The zero-order valence-corrected chi connectivity index (χ0v) is 68.1. The Hall–Kier alpha value is -7.89. The van der Waals surface area contributed by atoms with Crippen molar-refractivity contribution in [1.82, 2.24) is 29.4 Å². The molecule has 6 fully saturated rings. The SMILES string of the molecule is CN(C)C(=O)c1ccc(N2CCC(CC3CN(C(=O)C(N)(c4ccccc4)C(F)(F)F)C3)CC2)cc1Cl.CN(C)C(=O)c1ccc(N2CCC(CC3CN(C(=O)[C@](O)(c4cc(Cl)cc(Cl)c4)C(F)(F)F)C3)CC2)cc1Cl.COc1cccc([C@@](O)(C(=O)N2CC(CC3CCN(c4ccc(C(=O)N(C)C)c(Cl)c4)CC3)C2)C(F)F)c1. The number of benzene rings is 6. The van der Waals surface area contributed by atoms with Crippen LogP contribution in [0.5, 0.6) is 5.75 Å². The Morgan fingerprint density at radius 3 is 1.10 bits per heavy atom. The summed E-state index contributed by atoms with van der Waals surface area (Å²) in [7, 11) is 11.5. The van der Waals surface area contributed by atoms with Gasteiger partial charge in [-0.1, -0.05) is 100 Å². The monoisotopic (exact) mass is 1690 g/mol. The minimum atomic E-state index is -5.25. The van der Waals surface area contributed by atoms with Crippen LogP contribution >= 0.6 is 58.0 Å². The van der Waals surface area contributed by atoms with E-state index < -0.39 is 58.8 Å². The zero-order valence-electron chi connectivity index (χ0n) is 64.3. The number of ether oxygens (including phenoxy) is 1. The molecule has 0 aliphatic carbocycles. The van der Waals surface area contributed by atoms with Crippen molar-refractivity contribution in [3.8, 4) is 5.75 Å². The molecule has 6 aromatic carbocycles. The second kappa shape index (κ2) is 36.7. The standard InChI is InChI=1S/C28H34ClF2N3O4.C27H29Cl3F3N3O3.C27H32ClF3N4O2/c1-32(2)25(35)23-8-7-21(15-24(23)29)33-11-9-18(10-12-33)13-19-16-34(17-19)27(36)28(37,26(30)31)20-5-4-6-22(14-20)38-3;1-34(2)24(37)22-4-3-21(13-23(22)30)35-7-5-16(6-8-35)9-17-14-36(15-17)25(38)26(39,27(31,32)33)18-10-19(28)12-20(29)11-18;1-33(2)24(36)22-9-8-21(15-23(22)28)34-12-10-18(11-13-34)14-19-16-35(17-19)25(37)26(32,27(29,30)31)20-6-4-3-5-7-20/h4-8,14-15,18-19,26,37H,9-13,16-17H2,1-3H3;3-4,10-13,16-17,39H,5-9,14-15H2,1-2H3;3-9,15,18-19H,10-14,16-17,32H2,1-2H3/t28-;26-;/m01./s1. The Balaban J connectivity index is 0.000000181. The van der Waals surface area contributed by atoms with Crippen LogP contribution in [-0.2, 0) is 31.1 Å². The average Bonchev–Trinajstić information content (AvgIpc) is 0.771. The van der Waals surface area contributed by atoms with Gasteiger partial charge in [0.05, 0.1) is 38.9 Å². The van der Waals surface area contributed by atoms with Crippen molar-refractivity contribution >= 4 is 111 Å². The van der Waals surface area contributed by atoms with E-state index in [9.17, 15) is 74.1 Å². The van der Waals surface area contributed by atoms with Crippen molar-refractivity contribution in [2.75, 3.05) is 143 Å². The summed E-state index contributed by atoms with van der Waals surface area (Å²) in [5.74, 6) is -1.94. The molecule has 6 aliphatic heterocycles. The number of amides is 6. The predicted octanol–water partition coefficient (Wildman–Crippen LogP) is 14.7. The molecular formula is C82H95Cl5F8N10O9. The molecule has 32 heteroatoms. The second-order valence-electron chi connectivity index (χ2n) is 31.2. The minimum absolute atomic E-state index is 0.0525. The number of hydrogen-bond donors (Lipinski definition) is 3. The van der Waals surface area contributed by atoms with Gasteiger partial charge in [-0.2, -0.15) is 26.3 Å². The van der Waals surface area contributed by atoms with Gasteiger partial charge in [0, 0.05) is 159 Å². The minimum Gasteiger partial charge on any atom is -0.497 e. The van der Waals surface area contributed by atoms with Gasteiger partial charge in [-0.25, -0.2) is 8.78 Å². The van der Waals surface area contributed by atoms with Gasteiger partial charge in [-0.3, -0.25) is 28.8 Å². The molecular weight excluding hydrogens is 1600 g/mol. The Morgan fingerprint density at radius 1 is 0.439 bits per heavy atom. The average molecular weight is 1690 g/mol. The summed E-state index contributed by atoms with van der Waals surface area (Å²) < 4.78 is 117. The molecule has 6 saturated heterocycles. The molecule has 1 unspecified atom stereocenters. The normalized spacial score (nSPS) is 18.5. The lowest BCUT2D eigenvalue weighted by Gasteiger charge is -2.46. The highest BCUT2D eigenvalue weighted by Gasteiger charge is 2.64. The maximum atomic E-state index is 14.0. The van der Waals surface area contributed by atoms with Crippen LogP contribution < -0.4 is 25.2 Å². The fraction of sp³-hybridized carbons (Fsp3) is 0.488. The Morgan fingerprint density at radius 2 is 0.781 bits per heavy atom. The predicted molar refractivity (Wildman–Crippen MR) is 425 cm³/mol. The molecule has 0 saturated carbocycles. The molecule has 0 radical (unpaired) electrons. The van der Waals surface area contributed by atoms with E-state index in [4.69, 9.17) is 68.5 Å². The van der Waals surface area contributed by atoms with Crippen molar-refractivity contribution < 1.29 is 78.8 Å². The molecule has 0 aromatic heterocycles. The van der Waals surface area contributed by atoms with E-state index >= 15 is 0 Å². The molecule has 114 heavy (non-hydrogen) atoms. The number of anilines is 3. The number of piperidine rings is 3. The van der Waals surface area contributed by atoms with Crippen molar-refractivity contribution in [2.45, 2.75) is 93.3 Å². The van der Waals surface area contributed by atoms with Gasteiger partial charge in [-0.05, 0) is 184 Å². The van der Waals surface area contributed by atoms with Gasteiger partial charge in [0.25, 0.3) is 47.5 Å². The largest absolute Gasteiger partial charge is 0.497 e. The van der Waals surface area contributed by atoms with Gasteiger partial charge in [-0.15, -0.1) is 0 Å². The van der Waals surface area contributed by atoms with Gasteiger partial charge in [0.2, 0.25) is 11.1 Å².